The van der Waals surface area contributed by atoms with Gasteiger partial charge in [-0.2, -0.15) is 0 Å². The monoisotopic (exact) mass is 358 g/mol. The van der Waals surface area contributed by atoms with Gasteiger partial charge in [0, 0.05) is 24.3 Å². The largest absolute Gasteiger partial charge is 0.493 e. The number of aliphatic hydroxyl groups is 1. The Morgan fingerprint density at radius 3 is 2.58 bits per heavy atom. The number of carbonyl (C=O) groups is 1. The number of hydrogen-bond donors (Lipinski definition) is 3. The lowest BCUT2D eigenvalue weighted by Gasteiger charge is -2.16. The molecule has 0 radical (unpaired) electrons. The Labute approximate surface area is 154 Å². The van der Waals surface area contributed by atoms with Crippen LogP contribution in [-0.2, 0) is 11.3 Å². The fourth-order valence-electron chi connectivity index (χ4n) is 2.41. The van der Waals surface area contributed by atoms with E-state index in [9.17, 15) is 9.90 Å². The van der Waals surface area contributed by atoms with Crippen LogP contribution in [0.1, 0.15) is 18.1 Å². The molecule has 6 heteroatoms. The molecule has 6 nitrogen and oxygen atoms in total. The van der Waals surface area contributed by atoms with Gasteiger partial charge in [0.15, 0.2) is 18.1 Å². The molecule has 0 unspecified atom stereocenters. The molecule has 0 aliphatic heterocycles. The van der Waals surface area contributed by atoms with Crippen LogP contribution in [-0.4, -0.2) is 37.4 Å². The summed E-state index contributed by atoms with van der Waals surface area (Å²) in [6, 6.07) is 13.1. The van der Waals surface area contributed by atoms with Crippen LogP contribution in [0.15, 0.2) is 42.5 Å². The van der Waals surface area contributed by atoms with E-state index in [0.717, 1.165) is 16.8 Å². The third kappa shape index (κ3) is 6.06. The third-order valence-electron chi connectivity index (χ3n) is 3.72. The third-order valence-corrected chi connectivity index (χ3v) is 3.72. The second-order valence-corrected chi connectivity index (χ2v) is 6.13. The van der Waals surface area contributed by atoms with Crippen LogP contribution in [0, 0.1) is 6.92 Å². The van der Waals surface area contributed by atoms with Gasteiger partial charge >= 0.3 is 0 Å². The number of nitrogens with one attached hydrogen (secondary N) is 2. The van der Waals surface area contributed by atoms with Gasteiger partial charge in [-0.1, -0.05) is 29.8 Å². The van der Waals surface area contributed by atoms with Crippen molar-refractivity contribution in [2.75, 3.05) is 25.6 Å². The summed E-state index contributed by atoms with van der Waals surface area (Å²) in [7, 11) is 1.56. The molecule has 0 aromatic heterocycles. The molecule has 0 saturated heterocycles. The zero-order valence-corrected chi connectivity index (χ0v) is 15.4. The van der Waals surface area contributed by atoms with Gasteiger partial charge < -0.3 is 25.2 Å². The van der Waals surface area contributed by atoms with E-state index in [-0.39, 0.29) is 12.5 Å². The maximum absolute atomic E-state index is 12.2. The smallest absolute Gasteiger partial charge is 0.262 e. The molecule has 2 rings (SSSR count). The van der Waals surface area contributed by atoms with E-state index >= 15 is 0 Å². The molecule has 0 bridgehead atoms. The van der Waals surface area contributed by atoms with Gasteiger partial charge in [0.25, 0.3) is 5.91 Å². The standard InChI is InChI=1S/C20H26N2O4/c1-14-7-9-17(10-8-14)22-19(24)13-26-20-16(12-21-11-15(2)23)5-4-6-18(20)25-3/h4-10,15,21,23H,11-13H2,1-3H3,(H,22,24)/t15-/m0/s1. The number of ether oxygens (including phenoxy) is 2. The maximum Gasteiger partial charge on any atom is 0.262 e. The van der Waals surface area contributed by atoms with Crippen molar-refractivity contribution in [2.24, 2.45) is 0 Å². The van der Waals surface area contributed by atoms with E-state index in [1.54, 1.807) is 20.1 Å². The van der Waals surface area contributed by atoms with Crippen molar-refractivity contribution >= 4 is 11.6 Å². The minimum absolute atomic E-state index is 0.127. The van der Waals surface area contributed by atoms with Crippen molar-refractivity contribution in [3.05, 3.63) is 53.6 Å². The summed E-state index contributed by atoms with van der Waals surface area (Å²) in [6.07, 6.45) is -0.440. The fourth-order valence-corrected chi connectivity index (χ4v) is 2.41. The van der Waals surface area contributed by atoms with E-state index in [1.807, 2.05) is 43.3 Å². The first kappa shape index (κ1) is 19.8. The van der Waals surface area contributed by atoms with E-state index < -0.39 is 6.10 Å². The summed E-state index contributed by atoms with van der Waals surface area (Å²) in [5.74, 6) is 0.833. The summed E-state index contributed by atoms with van der Waals surface area (Å²) in [5.41, 5.74) is 2.71. The molecular formula is C20H26N2O4. The Bertz CT molecular complexity index is 714. The van der Waals surface area contributed by atoms with Crippen LogP contribution >= 0.6 is 0 Å². The predicted molar refractivity (Wildman–Crippen MR) is 102 cm³/mol. The van der Waals surface area contributed by atoms with Crippen LogP contribution in [0.2, 0.25) is 0 Å². The van der Waals surface area contributed by atoms with E-state index in [4.69, 9.17) is 9.47 Å². The lowest BCUT2D eigenvalue weighted by molar-refractivity contribution is -0.118. The molecule has 1 atom stereocenters. The number of benzene rings is 2. The Morgan fingerprint density at radius 2 is 1.92 bits per heavy atom. The topological polar surface area (TPSA) is 79.8 Å². The van der Waals surface area contributed by atoms with Gasteiger partial charge in [-0.25, -0.2) is 0 Å². The molecule has 0 aliphatic carbocycles. The zero-order chi connectivity index (χ0) is 18.9. The van der Waals surface area contributed by atoms with Crippen LogP contribution in [0.3, 0.4) is 0 Å². The van der Waals surface area contributed by atoms with E-state index in [0.29, 0.717) is 24.6 Å². The van der Waals surface area contributed by atoms with Crippen molar-refractivity contribution in [2.45, 2.75) is 26.5 Å². The highest BCUT2D eigenvalue weighted by Crippen LogP contribution is 2.31. The van der Waals surface area contributed by atoms with Gasteiger partial charge in [0.05, 0.1) is 13.2 Å². The zero-order valence-electron chi connectivity index (χ0n) is 15.4. The van der Waals surface area contributed by atoms with Crippen molar-refractivity contribution in [1.29, 1.82) is 0 Å². The average molecular weight is 358 g/mol. The molecule has 2 aromatic rings. The number of rotatable bonds is 9. The molecule has 1 amide bonds. The number of methoxy groups -OCH3 is 1. The van der Waals surface area contributed by atoms with Crippen LogP contribution in [0.4, 0.5) is 5.69 Å². The lowest BCUT2D eigenvalue weighted by Crippen LogP contribution is -2.25. The fraction of sp³-hybridized carbons (Fsp3) is 0.350. The number of amides is 1. The van der Waals surface area contributed by atoms with Crippen molar-refractivity contribution in [3.8, 4) is 11.5 Å². The minimum atomic E-state index is -0.440. The molecule has 0 fully saturated rings. The molecule has 140 valence electrons. The number of aryl methyl sites for hydroxylation is 1. The van der Waals surface area contributed by atoms with Gasteiger partial charge in [0.2, 0.25) is 0 Å². The Morgan fingerprint density at radius 1 is 1.19 bits per heavy atom. The molecule has 2 aromatic carbocycles. The first-order valence-electron chi connectivity index (χ1n) is 8.53. The molecule has 3 N–H and O–H groups in total. The molecule has 0 saturated carbocycles. The first-order valence-corrected chi connectivity index (χ1v) is 8.53. The SMILES string of the molecule is COc1cccc(CNC[C@H](C)O)c1OCC(=O)Nc1ccc(C)cc1. The molecular weight excluding hydrogens is 332 g/mol. The minimum Gasteiger partial charge on any atom is -0.493 e. The van der Waals surface area contributed by atoms with Gasteiger partial charge in [-0.3, -0.25) is 4.79 Å². The number of anilines is 1. The highest BCUT2D eigenvalue weighted by molar-refractivity contribution is 5.91. The summed E-state index contributed by atoms with van der Waals surface area (Å²) in [5, 5.41) is 15.3. The maximum atomic E-state index is 12.2. The van der Waals surface area contributed by atoms with Crippen LogP contribution in [0.25, 0.3) is 0 Å². The van der Waals surface area contributed by atoms with Crippen LogP contribution < -0.4 is 20.1 Å². The Balaban J connectivity index is 2.00. The lowest BCUT2D eigenvalue weighted by atomic mass is 10.2. The predicted octanol–water partition coefficient (Wildman–Crippen LogP) is 2.49. The Kier molecular flexibility index (Phi) is 7.44. The summed E-state index contributed by atoms with van der Waals surface area (Å²) in [4.78, 5) is 12.2. The average Bonchev–Trinajstić information content (AvgIpc) is 2.62. The molecule has 0 heterocycles. The Hall–Kier alpha value is -2.57. The molecule has 26 heavy (non-hydrogen) atoms. The van der Waals surface area contributed by atoms with Crippen molar-refractivity contribution < 1.29 is 19.4 Å². The second kappa shape index (κ2) is 9.79. The van der Waals surface area contributed by atoms with Crippen LogP contribution in [0.5, 0.6) is 11.5 Å². The van der Waals surface area contributed by atoms with Gasteiger partial charge in [-0.15, -0.1) is 0 Å². The van der Waals surface area contributed by atoms with Gasteiger partial charge in [0.1, 0.15) is 0 Å². The molecule has 0 aliphatic rings. The highest BCUT2D eigenvalue weighted by Gasteiger charge is 2.13. The number of para-hydroxylation sites is 1. The quantitative estimate of drug-likeness (QED) is 0.642. The number of carbonyl (C=O) groups excluding carboxylic acids is 1. The number of aliphatic hydroxyl groups excluding tert-OH is 1. The summed E-state index contributed by atoms with van der Waals surface area (Å²) >= 11 is 0. The number of hydrogen-bond acceptors (Lipinski definition) is 5. The summed E-state index contributed by atoms with van der Waals surface area (Å²) < 4.78 is 11.1. The van der Waals surface area contributed by atoms with E-state index in [2.05, 4.69) is 10.6 Å². The van der Waals surface area contributed by atoms with E-state index in [1.165, 1.54) is 0 Å². The second-order valence-electron chi connectivity index (χ2n) is 6.13. The van der Waals surface area contributed by atoms with Gasteiger partial charge in [-0.05, 0) is 32.0 Å². The first-order chi connectivity index (χ1) is 12.5. The van der Waals surface area contributed by atoms with Crippen molar-refractivity contribution in [3.63, 3.8) is 0 Å². The highest BCUT2D eigenvalue weighted by atomic mass is 16.5. The normalized spacial score (nSPS) is 11.7. The van der Waals surface area contributed by atoms with Crippen molar-refractivity contribution in [1.82, 2.24) is 5.32 Å². The molecule has 0 spiro atoms. The summed E-state index contributed by atoms with van der Waals surface area (Å²) in [6.45, 7) is 4.54.